The first-order chi connectivity index (χ1) is 10.5. The van der Waals surface area contributed by atoms with E-state index in [2.05, 4.69) is 4.85 Å². The average Bonchev–Trinajstić information content (AvgIpc) is 2.77. The van der Waals surface area contributed by atoms with E-state index in [-0.39, 0.29) is 28.4 Å². The molecule has 108 valence electrons. The minimum atomic E-state index is -0.467. The Morgan fingerprint density at radius 3 is 2.55 bits per heavy atom. The Bertz CT molecular complexity index is 814. The van der Waals surface area contributed by atoms with Gasteiger partial charge in [0.1, 0.15) is 0 Å². The number of fused-ring (bicyclic) bond motifs is 1. The van der Waals surface area contributed by atoms with Gasteiger partial charge in [-0.25, -0.2) is 4.85 Å². The summed E-state index contributed by atoms with van der Waals surface area (Å²) >= 11 is 6.02. The Kier molecular flexibility index (Phi) is 3.32. The van der Waals surface area contributed by atoms with Crippen LogP contribution >= 0.6 is 11.6 Å². The number of hydrogen-bond donors (Lipinski definition) is 1. The molecule has 0 aromatic heterocycles. The molecule has 22 heavy (non-hydrogen) atoms. The van der Waals surface area contributed by atoms with Crippen LogP contribution in [0.25, 0.3) is 4.85 Å². The molecule has 6 heteroatoms. The van der Waals surface area contributed by atoms with E-state index in [0.717, 1.165) is 4.90 Å². The van der Waals surface area contributed by atoms with Crippen LogP contribution in [0.3, 0.4) is 0 Å². The van der Waals surface area contributed by atoms with Crippen molar-refractivity contribution in [2.45, 2.75) is 6.54 Å². The van der Waals surface area contributed by atoms with E-state index in [1.165, 1.54) is 12.1 Å². The van der Waals surface area contributed by atoms with Crippen molar-refractivity contribution in [2.24, 2.45) is 0 Å². The highest BCUT2D eigenvalue weighted by molar-refractivity contribution is 6.37. The third kappa shape index (κ3) is 2.10. The molecule has 0 radical (unpaired) electrons. The highest BCUT2D eigenvalue weighted by atomic mass is 35.5. The van der Waals surface area contributed by atoms with Gasteiger partial charge < -0.3 is 5.73 Å². The normalized spacial score (nSPS) is 13.2. The number of amides is 2. The van der Waals surface area contributed by atoms with Crippen LogP contribution in [0.2, 0.25) is 5.02 Å². The maximum absolute atomic E-state index is 12.4. The van der Waals surface area contributed by atoms with Crippen LogP contribution in [-0.2, 0) is 6.54 Å². The molecule has 3 rings (SSSR count). The van der Waals surface area contributed by atoms with Gasteiger partial charge >= 0.3 is 0 Å². The standard InChI is InChI=1S/C16H10ClN3O2/c1-19-10-4-2-3-9(7-10)8-20-15(21)13-11(17)5-6-12(18)14(13)16(20)22/h2-7H,8,18H2. The molecule has 2 N–H and O–H groups in total. The summed E-state index contributed by atoms with van der Waals surface area (Å²) in [5.41, 5.74) is 7.47. The number of nitrogen functional groups attached to an aromatic ring is 1. The number of halogens is 1. The Morgan fingerprint density at radius 2 is 1.86 bits per heavy atom. The van der Waals surface area contributed by atoms with Crippen LogP contribution in [0.15, 0.2) is 36.4 Å². The van der Waals surface area contributed by atoms with E-state index in [1.807, 2.05) is 0 Å². The molecular formula is C16H10ClN3O2. The van der Waals surface area contributed by atoms with Crippen LogP contribution in [0.5, 0.6) is 0 Å². The molecule has 0 bridgehead atoms. The first-order valence-electron chi connectivity index (χ1n) is 6.43. The SMILES string of the molecule is [C-]#[N+]c1cccc(CN2C(=O)c3c(N)ccc(Cl)c3C2=O)c1. The van der Waals surface area contributed by atoms with E-state index in [0.29, 0.717) is 11.3 Å². The van der Waals surface area contributed by atoms with E-state index < -0.39 is 11.8 Å². The summed E-state index contributed by atoms with van der Waals surface area (Å²) in [6.45, 7) is 7.08. The molecule has 5 nitrogen and oxygen atoms in total. The van der Waals surface area contributed by atoms with Crippen molar-refractivity contribution in [3.63, 3.8) is 0 Å². The Labute approximate surface area is 131 Å². The Balaban J connectivity index is 1.99. The fourth-order valence-corrected chi connectivity index (χ4v) is 2.68. The smallest absolute Gasteiger partial charge is 0.264 e. The van der Waals surface area contributed by atoms with Crippen LogP contribution in [0.1, 0.15) is 26.3 Å². The second-order valence-corrected chi connectivity index (χ2v) is 5.27. The topological polar surface area (TPSA) is 67.8 Å². The quantitative estimate of drug-likeness (QED) is 0.526. The summed E-state index contributed by atoms with van der Waals surface area (Å²) < 4.78 is 0. The van der Waals surface area contributed by atoms with Gasteiger partial charge in [0.05, 0.1) is 29.3 Å². The number of anilines is 1. The van der Waals surface area contributed by atoms with Gasteiger partial charge in [0, 0.05) is 5.69 Å². The summed E-state index contributed by atoms with van der Waals surface area (Å²) in [5.74, 6) is -0.932. The summed E-state index contributed by atoms with van der Waals surface area (Å²) in [6.07, 6.45) is 0. The third-order valence-electron chi connectivity index (χ3n) is 3.49. The number of benzene rings is 2. The van der Waals surface area contributed by atoms with Crippen molar-refractivity contribution in [1.82, 2.24) is 4.90 Å². The summed E-state index contributed by atoms with van der Waals surface area (Å²) in [5, 5.41) is 0.208. The number of hydrogen-bond acceptors (Lipinski definition) is 3. The third-order valence-corrected chi connectivity index (χ3v) is 3.80. The maximum atomic E-state index is 12.4. The van der Waals surface area contributed by atoms with E-state index in [9.17, 15) is 9.59 Å². The van der Waals surface area contributed by atoms with Gasteiger partial charge in [-0.2, -0.15) is 0 Å². The number of carbonyl (C=O) groups excluding carboxylic acids is 2. The number of carbonyl (C=O) groups is 2. The maximum Gasteiger partial charge on any atom is 0.264 e. The lowest BCUT2D eigenvalue weighted by molar-refractivity contribution is 0.0643. The monoisotopic (exact) mass is 311 g/mol. The lowest BCUT2D eigenvalue weighted by Crippen LogP contribution is -2.29. The minimum absolute atomic E-state index is 0.0749. The zero-order valence-electron chi connectivity index (χ0n) is 11.3. The number of imide groups is 1. The molecular weight excluding hydrogens is 302 g/mol. The van der Waals surface area contributed by atoms with Gasteiger partial charge in [-0.3, -0.25) is 14.5 Å². The highest BCUT2D eigenvalue weighted by Crippen LogP contribution is 2.34. The lowest BCUT2D eigenvalue weighted by Gasteiger charge is -2.14. The fourth-order valence-electron chi connectivity index (χ4n) is 2.45. The molecule has 0 spiro atoms. The van der Waals surface area contributed by atoms with Crippen molar-refractivity contribution >= 4 is 34.8 Å². The number of nitrogens with zero attached hydrogens (tertiary/aromatic N) is 2. The molecule has 0 unspecified atom stereocenters. The first-order valence-corrected chi connectivity index (χ1v) is 6.81. The molecule has 2 amide bonds. The van der Waals surface area contributed by atoms with Gasteiger partial charge in [0.2, 0.25) is 0 Å². The van der Waals surface area contributed by atoms with E-state index in [1.54, 1.807) is 24.3 Å². The number of nitrogens with two attached hydrogens (primary N) is 1. The van der Waals surface area contributed by atoms with Gasteiger partial charge in [-0.15, -0.1) is 0 Å². The van der Waals surface area contributed by atoms with Crippen molar-refractivity contribution < 1.29 is 9.59 Å². The largest absolute Gasteiger partial charge is 0.398 e. The lowest BCUT2D eigenvalue weighted by atomic mass is 10.1. The van der Waals surface area contributed by atoms with Crippen molar-refractivity contribution in [3.8, 4) is 0 Å². The van der Waals surface area contributed by atoms with Crippen molar-refractivity contribution in [2.75, 3.05) is 5.73 Å². The summed E-state index contributed by atoms with van der Waals surface area (Å²) in [7, 11) is 0. The number of rotatable bonds is 2. The Morgan fingerprint density at radius 1 is 1.14 bits per heavy atom. The minimum Gasteiger partial charge on any atom is -0.398 e. The van der Waals surface area contributed by atoms with Gasteiger partial charge in [0.15, 0.2) is 5.69 Å². The van der Waals surface area contributed by atoms with E-state index >= 15 is 0 Å². The zero-order valence-corrected chi connectivity index (χ0v) is 12.1. The van der Waals surface area contributed by atoms with Crippen molar-refractivity contribution in [3.05, 3.63) is 69.5 Å². The predicted octanol–water partition coefficient (Wildman–Crippen LogP) is 3.27. The van der Waals surface area contributed by atoms with Crippen LogP contribution in [-0.4, -0.2) is 16.7 Å². The molecule has 0 fully saturated rings. The second kappa shape index (κ2) is 5.17. The predicted molar refractivity (Wildman–Crippen MR) is 82.8 cm³/mol. The molecule has 0 aliphatic carbocycles. The van der Waals surface area contributed by atoms with Gasteiger partial charge in [0.25, 0.3) is 11.8 Å². The molecule has 1 heterocycles. The van der Waals surface area contributed by atoms with Gasteiger partial charge in [-0.05, 0) is 17.7 Å². The van der Waals surface area contributed by atoms with Crippen LogP contribution in [0, 0.1) is 6.57 Å². The highest BCUT2D eigenvalue weighted by Gasteiger charge is 2.38. The molecule has 1 aliphatic heterocycles. The average molecular weight is 312 g/mol. The molecule has 0 saturated heterocycles. The molecule has 2 aromatic rings. The summed E-state index contributed by atoms with van der Waals surface area (Å²) in [6, 6.07) is 9.78. The van der Waals surface area contributed by atoms with E-state index in [4.69, 9.17) is 23.9 Å². The van der Waals surface area contributed by atoms with Crippen LogP contribution in [0.4, 0.5) is 11.4 Å². The molecule has 1 aliphatic rings. The molecule has 0 saturated carbocycles. The molecule has 2 aromatic carbocycles. The zero-order chi connectivity index (χ0) is 15.9. The summed E-state index contributed by atoms with van der Waals surface area (Å²) in [4.78, 5) is 29.3. The van der Waals surface area contributed by atoms with Crippen molar-refractivity contribution in [1.29, 1.82) is 0 Å². The second-order valence-electron chi connectivity index (χ2n) is 4.86. The van der Waals surface area contributed by atoms with Crippen LogP contribution < -0.4 is 5.73 Å². The molecule has 0 atom stereocenters. The Hall–Kier alpha value is -2.84. The van der Waals surface area contributed by atoms with Gasteiger partial charge in [-0.1, -0.05) is 35.9 Å². The first kappa shape index (κ1) is 14.1. The fraction of sp³-hybridized carbons (Fsp3) is 0.0625.